The van der Waals surface area contributed by atoms with Crippen molar-refractivity contribution in [1.29, 1.82) is 0 Å². The van der Waals surface area contributed by atoms with Gasteiger partial charge in [0.15, 0.2) is 0 Å². The summed E-state index contributed by atoms with van der Waals surface area (Å²) in [6.07, 6.45) is 3.13. The minimum atomic E-state index is 0.600. The van der Waals surface area contributed by atoms with Crippen molar-refractivity contribution in [2.75, 3.05) is 6.54 Å². The summed E-state index contributed by atoms with van der Waals surface area (Å²) in [5, 5.41) is 4.85. The molecule has 0 radical (unpaired) electrons. The van der Waals surface area contributed by atoms with Crippen molar-refractivity contribution in [2.45, 2.75) is 26.5 Å². The van der Waals surface area contributed by atoms with Gasteiger partial charge in [-0.2, -0.15) is 0 Å². The van der Waals surface area contributed by atoms with Crippen molar-refractivity contribution in [1.82, 2.24) is 10.3 Å². The summed E-state index contributed by atoms with van der Waals surface area (Å²) in [6, 6.07) is 25.3. The van der Waals surface area contributed by atoms with Gasteiger partial charge in [0.25, 0.3) is 0 Å². The lowest BCUT2D eigenvalue weighted by Crippen LogP contribution is -2.16. The lowest BCUT2D eigenvalue weighted by Gasteiger charge is -2.08. The Kier molecular flexibility index (Phi) is 5.74. The topological polar surface area (TPSA) is 37.0 Å². The van der Waals surface area contributed by atoms with Crippen LogP contribution in [0.25, 0.3) is 10.9 Å². The number of H-pyrrole nitrogens is 1. The second-order valence-electron chi connectivity index (χ2n) is 7.20. The molecule has 0 aliphatic rings. The number of hydrogen-bond acceptors (Lipinski definition) is 2. The average Bonchev–Trinajstić information content (AvgIpc) is 3.15. The van der Waals surface area contributed by atoms with Crippen LogP contribution in [0.1, 0.15) is 22.3 Å². The molecule has 3 nitrogen and oxygen atoms in total. The van der Waals surface area contributed by atoms with Crippen LogP contribution in [-0.2, 0) is 19.6 Å². The fourth-order valence-electron chi connectivity index (χ4n) is 3.35. The largest absolute Gasteiger partial charge is 0.489 e. The van der Waals surface area contributed by atoms with Crippen LogP contribution in [-0.4, -0.2) is 11.5 Å². The monoisotopic (exact) mass is 370 g/mol. The van der Waals surface area contributed by atoms with E-state index in [9.17, 15) is 0 Å². The van der Waals surface area contributed by atoms with Crippen LogP contribution >= 0.6 is 0 Å². The Labute approximate surface area is 166 Å². The molecule has 0 aliphatic heterocycles. The number of fused-ring (bicyclic) bond motifs is 1. The number of aromatic amines is 1. The fraction of sp³-hybridized carbons (Fsp3) is 0.200. The quantitative estimate of drug-likeness (QED) is 0.408. The first-order valence-corrected chi connectivity index (χ1v) is 9.81. The lowest BCUT2D eigenvalue weighted by atomic mass is 10.1. The molecule has 0 unspecified atom stereocenters. The summed E-state index contributed by atoms with van der Waals surface area (Å²) in [6.45, 7) is 4.51. The molecule has 0 bridgehead atoms. The molecule has 0 spiro atoms. The number of benzene rings is 3. The first kappa shape index (κ1) is 18.3. The molecular weight excluding hydrogens is 344 g/mol. The third kappa shape index (κ3) is 4.62. The predicted molar refractivity (Wildman–Crippen MR) is 116 cm³/mol. The normalized spacial score (nSPS) is 11.0. The molecule has 3 heteroatoms. The summed E-state index contributed by atoms with van der Waals surface area (Å²) in [5.74, 6) is 0.906. The minimum absolute atomic E-state index is 0.600. The van der Waals surface area contributed by atoms with Crippen LogP contribution in [0.15, 0.2) is 79.0 Å². The van der Waals surface area contributed by atoms with E-state index in [1.807, 2.05) is 12.1 Å². The third-order valence-corrected chi connectivity index (χ3v) is 5.02. The third-order valence-electron chi connectivity index (χ3n) is 5.02. The van der Waals surface area contributed by atoms with Crippen molar-refractivity contribution in [3.8, 4) is 5.75 Å². The van der Waals surface area contributed by atoms with E-state index in [1.54, 1.807) is 0 Å². The van der Waals surface area contributed by atoms with Gasteiger partial charge in [0.2, 0.25) is 0 Å². The molecule has 0 saturated heterocycles. The molecule has 0 fully saturated rings. The summed E-state index contributed by atoms with van der Waals surface area (Å²) >= 11 is 0. The Morgan fingerprint density at radius 1 is 0.857 bits per heavy atom. The molecule has 142 valence electrons. The fourth-order valence-corrected chi connectivity index (χ4v) is 3.35. The van der Waals surface area contributed by atoms with Crippen molar-refractivity contribution >= 4 is 10.9 Å². The highest BCUT2D eigenvalue weighted by molar-refractivity contribution is 5.83. The van der Waals surface area contributed by atoms with Gasteiger partial charge in [0.05, 0.1) is 0 Å². The molecule has 1 heterocycles. The first-order chi connectivity index (χ1) is 13.8. The Balaban J connectivity index is 1.22. The Hall–Kier alpha value is -3.04. The second kappa shape index (κ2) is 8.77. The summed E-state index contributed by atoms with van der Waals surface area (Å²) in [4.78, 5) is 3.34. The number of nitrogens with one attached hydrogen (secondary N) is 2. The van der Waals surface area contributed by atoms with Gasteiger partial charge in [0.1, 0.15) is 12.4 Å². The number of para-hydroxylation sites is 1. The van der Waals surface area contributed by atoms with Crippen LogP contribution in [0.4, 0.5) is 0 Å². The van der Waals surface area contributed by atoms with Crippen LogP contribution in [0.5, 0.6) is 5.75 Å². The van der Waals surface area contributed by atoms with Gasteiger partial charge in [-0.25, -0.2) is 0 Å². The SMILES string of the molecule is Cc1ccc(COc2ccc(CNCCc3c[nH]c4ccccc34)cc2)cc1. The maximum Gasteiger partial charge on any atom is 0.119 e. The van der Waals surface area contributed by atoms with Crippen molar-refractivity contribution in [2.24, 2.45) is 0 Å². The van der Waals surface area contributed by atoms with E-state index in [2.05, 4.69) is 84.1 Å². The smallest absolute Gasteiger partial charge is 0.119 e. The summed E-state index contributed by atoms with van der Waals surface area (Å²) in [5.41, 5.74) is 6.29. The zero-order valence-electron chi connectivity index (χ0n) is 16.2. The van der Waals surface area contributed by atoms with Crippen molar-refractivity contribution in [3.63, 3.8) is 0 Å². The maximum atomic E-state index is 5.88. The average molecular weight is 370 g/mol. The Morgan fingerprint density at radius 3 is 2.43 bits per heavy atom. The molecule has 1 aromatic heterocycles. The Morgan fingerprint density at radius 2 is 1.61 bits per heavy atom. The van der Waals surface area contributed by atoms with Crippen LogP contribution < -0.4 is 10.1 Å². The van der Waals surface area contributed by atoms with Crippen LogP contribution in [0, 0.1) is 6.92 Å². The van der Waals surface area contributed by atoms with Gasteiger partial charge in [-0.15, -0.1) is 0 Å². The first-order valence-electron chi connectivity index (χ1n) is 9.81. The molecule has 4 aromatic rings. The van der Waals surface area contributed by atoms with E-state index >= 15 is 0 Å². The second-order valence-corrected chi connectivity index (χ2v) is 7.20. The molecule has 4 rings (SSSR count). The zero-order valence-corrected chi connectivity index (χ0v) is 16.2. The summed E-state index contributed by atoms with van der Waals surface area (Å²) in [7, 11) is 0. The number of rotatable bonds is 8. The number of hydrogen-bond donors (Lipinski definition) is 2. The zero-order chi connectivity index (χ0) is 19.2. The van der Waals surface area contributed by atoms with Gasteiger partial charge >= 0.3 is 0 Å². The summed E-state index contributed by atoms with van der Waals surface area (Å²) < 4.78 is 5.88. The predicted octanol–water partition coefficient (Wildman–Crippen LogP) is 5.39. The minimum Gasteiger partial charge on any atom is -0.489 e. The molecule has 2 N–H and O–H groups in total. The van der Waals surface area contributed by atoms with E-state index in [4.69, 9.17) is 4.74 Å². The van der Waals surface area contributed by atoms with Crippen LogP contribution in [0.2, 0.25) is 0 Å². The van der Waals surface area contributed by atoms with Gasteiger partial charge in [-0.1, -0.05) is 60.2 Å². The van der Waals surface area contributed by atoms with E-state index < -0.39 is 0 Å². The highest BCUT2D eigenvalue weighted by Crippen LogP contribution is 2.18. The lowest BCUT2D eigenvalue weighted by molar-refractivity contribution is 0.306. The van der Waals surface area contributed by atoms with Crippen molar-refractivity contribution < 1.29 is 4.74 Å². The molecule has 28 heavy (non-hydrogen) atoms. The van der Waals surface area contributed by atoms with Gasteiger partial charge < -0.3 is 15.0 Å². The van der Waals surface area contributed by atoms with E-state index in [0.29, 0.717) is 6.61 Å². The highest BCUT2D eigenvalue weighted by Gasteiger charge is 2.02. The molecule has 0 saturated carbocycles. The van der Waals surface area contributed by atoms with Gasteiger partial charge in [-0.3, -0.25) is 0 Å². The van der Waals surface area contributed by atoms with Gasteiger partial charge in [0, 0.05) is 23.6 Å². The van der Waals surface area contributed by atoms with Crippen molar-refractivity contribution in [3.05, 3.63) is 101 Å². The Bertz CT molecular complexity index is 1020. The van der Waals surface area contributed by atoms with E-state index in [1.165, 1.54) is 33.2 Å². The molecular formula is C25H26N2O. The standard InChI is InChI=1S/C25H26N2O/c1-19-6-8-21(9-7-19)18-28-23-12-10-20(11-13-23)16-26-15-14-22-17-27-25-5-3-2-4-24(22)25/h2-13,17,26-27H,14-16,18H2,1H3. The van der Waals surface area contributed by atoms with Crippen LogP contribution in [0.3, 0.4) is 0 Å². The molecule has 3 aromatic carbocycles. The van der Waals surface area contributed by atoms with E-state index in [-0.39, 0.29) is 0 Å². The van der Waals surface area contributed by atoms with E-state index in [0.717, 1.165) is 25.3 Å². The number of aryl methyl sites for hydroxylation is 1. The number of ether oxygens (including phenoxy) is 1. The number of aromatic nitrogens is 1. The molecule has 0 atom stereocenters. The van der Waals surface area contributed by atoms with Gasteiger partial charge in [-0.05, 0) is 54.8 Å². The molecule has 0 amide bonds. The maximum absolute atomic E-state index is 5.88. The molecule has 0 aliphatic carbocycles. The highest BCUT2D eigenvalue weighted by atomic mass is 16.5.